The number of nitrogens with zero attached hydrogens (tertiary/aromatic N) is 1. The van der Waals surface area contributed by atoms with Crippen molar-refractivity contribution in [3.8, 4) is 0 Å². The second-order valence-corrected chi connectivity index (χ2v) is 4.33. The Morgan fingerprint density at radius 2 is 1.87 bits per heavy atom. The second-order valence-electron chi connectivity index (χ2n) is 4.33. The van der Waals surface area contributed by atoms with Crippen molar-refractivity contribution in [3.05, 3.63) is 6.42 Å². The molecule has 0 aromatic carbocycles. The molecule has 0 aliphatic carbocycles. The van der Waals surface area contributed by atoms with Crippen LogP contribution in [0.1, 0.15) is 39.5 Å². The average molecular weight is 287 g/mol. The molecule has 0 amide bonds. The van der Waals surface area contributed by atoms with E-state index >= 15 is 0 Å². The Morgan fingerprint density at radius 1 is 1.20 bits per heavy atom. The number of rotatable bonds is 6. The van der Waals surface area contributed by atoms with Gasteiger partial charge in [0.2, 0.25) is 0 Å². The van der Waals surface area contributed by atoms with E-state index in [9.17, 15) is 0 Å². The SMILES string of the molecule is CC(C)OCCCCN1CC[CH-]CC1.[Y]. The van der Waals surface area contributed by atoms with Crippen molar-refractivity contribution in [1.82, 2.24) is 4.90 Å². The Morgan fingerprint density at radius 3 is 2.47 bits per heavy atom. The van der Waals surface area contributed by atoms with E-state index < -0.39 is 0 Å². The van der Waals surface area contributed by atoms with Crippen molar-refractivity contribution in [1.29, 1.82) is 0 Å². The predicted octanol–water partition coefficient (Wildman–Crippen LogP) is 2.49. The van der Waals surface area contributed by atoms with Crippen molar-refractivity contribution < 1.29 is 37.4 Å². The first kappa shape index (κ1) is 16.0. The molecule has 1 aliphatic rings. The predicted molar refractivity (Wildman–Crippen MR) is 60.3 cm³/mol. The maximum absolute atomic E-state index is 5.51. The molecule has 1 radical (unpaired) electrons. The molecule has 1 heterocycles. The normalized spacial score (nSPS) is 17.8. The molecule has 87 valence electrons. The van der Waals surface area contributed by atoms with Gasteiger partial charge in [-0.05, 0) is 46.3 Å². The summed E-state index contributed by atoms with van der Waals surface area (Å²) < 4.78 is 5.51. The Kier molecular flexibility index (Phi) is 10.9. The monoisotopic (exact) mass is 287 g/mol. The van der Waals surface area contributed by atoms with Crippen molar-refractivity contribution in [2.75, 3.05) is 26.2 Å². The van der Waals surface area contributed by atoms with Crippen LogP contribution in [-0.2, 0) is 37.4 Å². The van der Waals surface area contributed by atoms with Gasteiger partial charge in [0.1, 0.15) is 0 Å². The zero-order chi connectivity index (χ0) is 10.2. The van der Waals surface area contributed by atoms with Crippen LogP contribution in [0.5, 0.6) is 0 Å². The van der Waals surface area contributed by atoms with Crippen molar-refractivity contribution in [2.45, 2.75) is 45.6 Å². The largest absolute Gasteiger partial charge is 0.379 e. The van der Waals surface area contributed by atoms with Gasteiger partial charge in [0, 0.05) is 39.3 Å². The van der Waals surface area contributed by atoms with E-state index in [0.29, 0.717) is 6.10 Å². The standard InChI is InChI=1S/C12H24NO.Y/c1-12(2)14-11-7-6-10-13-8-4-3-5-9-13;/h3,12H,4-11H2,1-2H3;/q-1;. The van der Waals surface area contributed by atoms with Crippen molar-refractivity contribution in [2.24, 2.45) is 0 Å². The van der Waals surface area contributed by atoms with Gasteiger partial charge in [0.25, 0.3) is 0 Å². The summed E-state index contributed by atoms with van der Waals surface area (Å²) in [5.41, 5.74) is 0. The Labute approximate surface area is 120 Å². The molecule has 3 heteroatoms. The average Bonchev–Trinajstić information content (AvgIpc) is 2.18. The van der Waals surface area contributed by atoms with Crippen LogP contribution in [0.15, 0.2) is 0 Å². The molecule has 1 aliphatic heterocycles. The molecule has 0 spiro atoms. The molecule has 1 rings (SSSR count). The summed E-state index contributed by atoms with van der Waals surface area (Å²) in [6.45, 7) is 8.92. The van der Waals surface area contributed by atoms with Crippen molar-refractivity contribution >= 4 is 0 Å². The molecule has 0 N–H and O–H groups in total. The Hall–Kier alpha value is 1.02. The van der Waals surface area contributed by atoms with Gasteiger partial charge in [0.05, 0.1) is 6.10 Å². The van der Waals surface area contributed by atoms with Gasteiger partial charge in [0.15, 0.2) is 0 Å². The van der Waals surface area contributed by atoms with Crippen LogP contribution in [0.4, 0.5) is 0 Å². The first-order chi connectivity index (χ1) is 6.79. The fourth-order valence-electron chi connectivity index (χ4n) is 1.78. The van der Waals surface area contributed by atoms with Crippen molar-refractivity contribution in [3.63, 3.8) is 0 Å². The molecule has 0 aromatic heterocycles. The zero-order valence-corrected chi connectivity index (χ0v) is 13.1. The molecule has 0 unspecified atom stereocenters. The molecule has 0 atom stereocenters. The number of piperidine rings is 1. The van der Waals surface area contributed by atoms with Gasteiger partial charge in [-0.2, -0.15) is 12.8 Å². The van der Waals surface area contributed by atoms with Crippen LogP contribution in [-0.4, -0.2) is 37.2 Å². The summed E-state index contributed by atoms with van der Waals surface area (Å²) in [5.74, 6) is 0. The van der Waals surface area contributed by atoms with Crippen LogP contribution in [0.3, 0.4) is 0 Å². The Balaban J connectivity index is 0.00000196. The molecule has 2 nitrogen and oxygen atoms in total. The van der Waals surface area contributed by atoms with Crippen LogP contribution in [0, 0.1) is 6.42 Å². The number of hydrogen-bond acceptors (Lipinski definition) is 2. The minimum absolute atomic E-state index is 0. The third kappa shape index (κ3) is 8.79. The van der Waals surface area contributed by atoms with E-state index in [0.717, 1.165) is 6.61 Å². The second kappa shape index (κ2) is 10.2. The van der Waals surface area contributed by atoms with Gasteiger partial charge in [-0.15, -0.1) is 0 Å². The van der Waals surface area contributed by atoms with Crippen LogP contribution in [0.2, 0.25) is 0 Å². The smallest absolute Gasteiger partial charge is 0.0518 e. The quantitative estimate of drug-likeness (QED) is 0.550. The summed E-state index contributed by atoms with van der Waals surface area (Å²) >= 11 is 0. The molecular weight excluding hydrogens is 263 g/mol. The van der Waals surface area contributed by atoms with Gasteiger partial charge in [-0.25, -0.2) is 0 Å². The van der Waals surface area contributed by atoms with Crippen LogP contribution in [0.25, 0.3) is 0 Å². The molecule has 1 saturated heterocycles. The number of unbranched alkanes of at least 4 members (excludes halogenated alkanes) is 1. The maximum atomic E-state index is 5.51. The number of likely N-dealkylation sites (tertiary alicyclic amines) is 1. The summed E-state index contributed by atoms with van der Waals surface area (Å²) in [4.78, 5) is 2.56. The van der Waals surface area contributed by atoms with Gasteiger partial charge in [-0.3, -0.25) is 0 Å². The van der Waals surface area contributed by atoms with E-state index in [1.165, 1.54) is 45.3 Å². The number of ether oxygens (including phenoxy) is 1. The van der Waals surface area contributed by atoms with E-state index in [4.69, 9.17) is 4.74 Å². The molecular formula is C12H24NOY-. The van der Waals surface area contributed by atoms with Gasteiger partial charge >= 0.3 is 0 Å². The number of hydrogen-bond donors (Lipinski definition) is 0. The summed E-state index contributed by atoms with van der Waals surface area (Å²) in [6.07, 6.45) is 7.84. The molecule has 15 heavy (non-hydrogen) atoms. The van der Waals surface area contributed by atoms with E-state index in [-0.39, 0.29) is 32.7 Å². The fourth-order valence-corrected chi connectivity index (χ4v) is 1.78. The van der Waals surface area contributed by atoms with E-state index in [1.54, 1.807) is 0 Å². The van der Waals surface area contributed by atoms with Crippen LogP contribution < -0.4 is 0 Å². The molecule has 0 saturated carbocycles. The summed E-state index contributed by atoms with van der Waals surface area (Å²) in [5, 5.41) is 0. The zero-order valence-electron chi connectivity index (χ0n) is 10.2. The minimum Gasteiger partial charge on any atom is -0.379 e. The first-order valence-electron chi connectivity index (χ1n) is 5.94. The van der Waals surface area contributed by atoms with Gasteiger partial charge < -0.3 is 16.1 Å². The van der Waals surface area contributed by atoms with E-state index in [2.05, 4.69) is 25.2 Å². The fraction of sp³-hybridized carbons (Fsp3) is 0.917. The topological polar surface area (TPSA) is 12.5 Å². The van der Waals surface area contributed by atoms with E-state index in [1.807, 2.05) is 0 Å². The van der Waals surface area contributed by atoms with Crippen LogP contribution >= 0.6 is 0 Å². The third-order valence-corrected chi connectivity index (χ3v) is 2.62. The third-order valence-electron chi connectivity index (χ3n) is 2.62. The van der Waals surface area contributed by atoms with Gasteiger partial charge in [-0.1, -0.05) is 0 Å². The minimum atomic E-state index is 0. The maximum Gasteiger partial charge on any atom is 0.0518 e. The Bertz CT molecular complexity index is 136. The first-order valence-corrected chi connectivity index (χ1v) is 5.94. The molecule has 0 aromatic rings. The molecule has 0 bridgehead atoms. The molecule has 1 fully saturated rings. The summed E-state index contributed by atoms with van der Waals surface area (Å²) in [7, 11) is 0. The summed E-state index contributed by atoms with van der Waals surface area (Å²) in [6, 6.07) is 0.